The number of aliphatic imine (C=N–C) groups is 1. The summed E-state index contributed by atoms with van der Waals surface area (Å²) in [6.45, 7) is 3.94. The van der Waals surface area contributed by atoms with Crippen LogP contribution >= 0.6 is 0 Å². The van der Waals surface area contributed by atoms with E-state index < -0.39 is 0 Å². The lowest BCUT2D eigenvalue weighted by atomic mass is 10.1. The van der Waals surface area contributed by atoms with Crippen LogP contribution < -0.4 is 29.6 Å². The fraction of sp³-hybridized carbons (Fsp3) is 0.458. The molecule has 0 amide bonds. The minimum absolute atomic E-state index is 0.106. The summed E-state index contributed by atoms with van der Waals surface area (Å²) < 4.78 is 21.6. The van der Waals surface area contributed by atoms with E-state index in [0.717, 1.165) is 35.1 Å². The maximum Gasteiger partial charge on any atom is 0.191 e. The Hall–Kier alpha value is -3.13. The standard InChI is InChI=1S/C24H36N4O4/c1-8-25-24(26-15-18-9-11-19(29-4)14-22(18)31-6)27-16-20(28(2)3)17-10-12-21(30-5)23(13-17)32-7/h9-14,20H,8,15-16H2,1-7H3,(H2,25,26,27). The largest absolute Gasteiger partial charge is 0.497 e. The lowest BCUT2D eigenvalue weighted by Gasteiger charge is -2.26. The Morgan fingerprint density at radius 3 is 2.19 bits per heavy atom. The molecular formula is C24H36N4O4. The molecule has 8 nitrogen and oxygen atoms in total. The molecule has 1 atom stereocenters. The van der Waals surface area contributed by atoms with Gasteiger partial charge in [-0.15, -0.1) is 0 Å². The molecule has 0 aliphatic rings. The second-order valence-electron chi connectivity index (χ2n) is 7.35. The first kappa shape index (κ1) is 25.1. The Balaban J connectivity index is 2.17. The molecule has 0 bridgehead atoms. The highest BCUT2D eigenvalue weighted by molar-refractivity contribution is 5.79. The third-order valence-electron chi connectivity index (χ3n) is 5.12. The van der Waals surface area contributed by atoms with Crippen LogP contribution in [0.25, 0.3) is 0 Å². The quantitative estimate of drug-likeness (QED) is 0.407. The molecule has 0 spiro atoms. The summed E-state index contributed by atoms with van der Waals surface area (Å²) in [5.41, 5.74) is 2.10. The first-order valence-corrected chi connectivity index (χ1v) is 10.6. The van der Waals surface area contributed by atoms with E-state index in [4.69, 9.17) is 23.9 Å². The number of hydrogen-bond acceptors (Lipinski definition) is 6. The van der Waals surface area contributed by atoms with Gasteiger partial charge in [0.1, 0.15) is 11.5 Å². The molecule has 2 aromatic rings. The smallest absolute Gasteiger partial charge is 0.191 e. The number of benzene rings is 2. The Morgan fingerprint density at radius 1 is 0.875 bits per heavy atom. The number of likely N-dealkylation sites (N-methyl/N-ethyl adjacent to an activating group) is 1. The zero-order valence-corrected chi connectivity index (χ0v) is 20.2. The summed E-state index contributed by atoms with van der Waals surface area (Å²) in [7, 11) is 10.7. The molecule has 2 N–H and O–H groups in total. The van der Waals surface area contributed by atoms with Gasteiger partial charge in [-0.25, -0.2) is 4.99 Å². The van der Waals surface area contributed by atoms with E-state index in [1.54, 1.807) is 28.4 Å². The molecule has 0 aromatic heterocycles. The van der Waals surface area contributed by atoms with Crippen LogP contribution in [0.1, 0.15) is 24.1 Å². The van der Waals surface area contributed by atoms with Gasteiger partial charge in [0, 0.05) is 24.7 Å². The average molecular weight is 445 g/mol. The topological polar surface area (TPSA) is 76.6 Å². The fourth-order valence-electron chi connectivity index (χ4n) is 3.34. The molecule has 8 heteroatoms. The Labute approximate surface area is 191 Å². The highest BCUT2D eigenvalue weighted by Gasteiger charge is 2.17. The Morgan fingerprint density at radius 2 is 1.59 bits per heavy atom. The van der Waals surface area contributed by atoms with Crippen LogP contribution in [0.15, 0.2) is 41.4 Å². The van der Waals surface area contributed by atoms with Crippen LogP contribution in [0.2, 0.25) is 0 Å². The highest BCUT2D eigenvalue weighted by atomic mass is 16.5. The molecule has 0 heterocycles. The van der Waals surface area contributed by atoms with Gasteiger partial charge < -0.3 is 34.5 Å². The highest BCUT2D eigenvalue weighted by Crippen LogP contribution is 2.31. The summed E-state index contributed by atoms with van der Waals surface area (Å²) in [6, 6.07) is 11.8. The monoisotopic (exact) mass is 444 g/mol. The van der Waals surface area contributed by atoms with Gasteiger partial charge in [-0.05, 0) is 50.8 Å². The summed E-state index contributed by atoms with van der Waals surface area (Å²) in [5, 5.41) is 6.77. The minimum atomic E-state index is 0.106. The summed E-state index contributed by atoms with van der Waals surface area (Å²) >= 11 is 0. The van der Waals surface area contributed by atoms with Crippen LogP contribution in [0.3, 0.4) is 0 Å². The summed E-state index contributed by atoms with van der Waals surface area (Å²) in [6.07, 6.45) is 0. The molecule has 0 radical (unpaired) electrons. The third-order valence-corrected chi connectivity index (χ3v) is 5.12. The maximum absolute atomic E-state index is 5.49. The van der Waals surface area contributed by atoms with Gasteiger partial charge in [0.2, 0.25) is 0 Å². The average Bonchev–Trinajstić information content (AvgIpc) is 2.81. The molecule has 0 fully saturated rings. The predicted octanol–water partition coefficient (Wildman–Crippen LogP) is 3.08. The van der Waals surface area contributed by atoms with Crippen LogP contribution in [-0.2, 0) is 6.54 Å². The Bertz CT molecular complexity index is 886. The molecule has 176 valence electrons. The van der Waals surface area contributed by atoms with Gasteiger partial charge in [-0.1, -0.05) is 6.07 Å². The number of methoxy groups -OCH3 is 4. The van der Waals surface area contributed by atoms with Gasteiger partial charge >= 0.3 is 0 Å². The molecule has 1 unspecified atom stereocenters. The van der Waals surface area contributed by atoms with E-state index in [9.17, 15) is 0 Å². The van der Waals surface area contributed by atoms with E-state index in [1.165, 1.54) is 0 Å². The number of nitrogens with one attached hydrogen (secondary N) is 2. The van der Waals surface area contributed by atoms with Gasteiger partial charge in [-0.2, -0.15) is 0 Å². The first-order valence-electron chi connectivity index (χ1n) is 10.6. The second-order valence-corrected chi connectivity index (χ2v) is 7.35. The van der Waals surface area contributed by atoms with E-state index in [1.807, 2.05) is 37.3 Å². The van der Waals surface area contributed by atoms with E-state index in [0.29, 0.717) is 24.6 Å². The second kappa shape index (κ2) is 12.7. The van der Waals surface area contributed by atoms with Crippen molar-refractivity contribution >= 4 is 5.96 Å². The van der Waals surface area contributed by atoms with E-state index in [-0.39, 0.29) is 6.04 Å². The minimum Gasteiger partial charge on any atom is -0.497 e. The van der Waals surface area contributed by atoms with Crippen molar-refractivity contribution in [2.24, 2.45) is 4.99 Å². The molecule has 0 aliphatic heterocycles. The molecule has 32 heavy (non-hydrogen) atoms. The van der Waals surface area contributed by atoms with Crippen molar-refractivity contribution in [3.63, 3.8) is 0 Å². The van der Waals surface area contributed by atoms with Gasteiger partial charge in [0.25, 0.3) is 0 Å². The molecule has 2 rings (SSSR count). The van der Waals surface area contributed by atoms with Crippen molar-refractivity contribution < 1.29 is 18.9 Å². The molecule has 0 saturated carbocycles. The van der Waals surface area contributed by atoms with E-state index in [2.05, 4.69) is 35.7 Å². The van der Waals surface area contributed by atoms with Crippen molar-refractivity contribution in [1.82, 2.24) is 15.5 Å². The van der Waals surface area contributed by atoms with Crippen molar-refractivity contribution in [1.29, 1.82) is 0 Å². The normalized spacial score (nSPS) is 12.3. The van der Waals surface area contributed by atoms with Gasteiger partial charge in [0.05, 0.1) is 41.0 Å². The SMILES string of the molecule is CCNC(=NCc1ccc(OC)cc1OC)NCC(c1ccc(OC)c(OC)c1)N(C)C. The number of nitrogens with zero attached hydrogens (tertiary/aromatic N) is 2. The maximum atomic E-state index is 5.49. The Kier molecular flexibility index (Phi) is 9.94. The van der Waals surface area contributed by atoms with Crippen LogP contribution in [0.4, 0.5) is 0 Å². The van der Waals surface area contributed by atoms with Crippen molar-refractivity contribution in [2.45, 2.75) is 19.5 Å². The fourth-order valence-corrected chi connectivity index (χ4v) is 3.34. The zero-order chi connectivity index (χ0) is 23.5. The molecular weight excluding hydrogens is 408 g/mol. The molecule has 0 saturated heterocycles. The lowest BCUT2D eigenvalue weighted by molar-refractivity contribution is 0.295. The number of rotatable bonds is 11. The number of ether oxygens (including phenoxy) is 4. The van der Waals surface area contributed by atoms with E-state index >= 15 is 0 Å². The summed E-state index contributed by atoms with van der Waals surface area (Å²) in [5.74, 6) is 3.66. The number of hydrogen-bond donors (Lipinski definition) is 2. The number of guanidine groups is 1. The van der Waals surface area contributed by atoms with Crippen molar-refractivity contribution in [3.8, 4) is 23.0 Å². The van der Waals surface area contributed by atoms with Crippen molar-refractivity contribution in [2.75, 3.05) is 55.6 Å². The van der Waals surface area contributed by atoms with Crippen molar-refractivity contribution in [3.05, 3.63) is 47.5 Å². The van der Waals surface area contributed by atoms with Gasteiger partial charge in [-0.3, -0.25) is 0 Å². The van der Waals surface area contributed by atoms with Crippen LogP contribution in [0, 0.1) is 0 Å². The predicted molar refractivity (Wildman–Crippen MR) is 128 cm³/mol. The van der Waals surface area contributed by atoms with Crippen LogP contribution in [-0.4, -0.2) is 66.5 Å². The van der Waals surface area contributed by atoms with Gasteiger partial charge in [0.15, 0.2) is 17.5 Å². The molecule has 2 aromatic carbocycles. The third kappa shape index (κ3) is 6.68. The zero-order valence-electron chi connectivity index (χ0n) is 20.2. The molecule has 0 aliphatic carbocycles. The lowest BCUT2D eigenvalue weighted by Crippen LogP contribution is -2.41. The summed E-state index contributed by atoms with van der Waals surface area (Å²) in [4.78, 5) is 6.90. The van der Waals surface area contributed by atoms with Crippen LogP contribution in [0.5, 0.6) is 23.0 Å². The first-order chi connectivity index (χ1) is 15.5.